The Bertz CT molecular complexity index is 308. The predicted molar refractivity (Wildman–Crippen MR) is 59.6 cm³/mol. The summed E-state index contributed by atoms with van der Waals surface area (Å²) in [6.07, 6.45) is 7.06. The van der Waals surface area contributed by atoms with Gasteiger partial charge in [-0.25, -0.2) is 4.98 Å². The van der Waals surface area contributed by atoms with Gasteiger partial charge >= 0.3 is 0 Å². The van der Waals surface area contributed by atoms with Crippen LogP contribution in [0.4, 0.5) is 0 Å². The van der Waals surface area contributed by atoms with E-state index in [4.69, 9.17) is 10.5 Å². The van der Waals surface area contributed by atoms with E-state index in [0.29, 0.717) is 12.4 Å². The van der Waals surface area contributed by atoms with Gasteiger partial charge in [-0.1, -0.05) is 12.8 Å². The third-order valence-electron chi connectivity index (χ3n) is 2.98. The van der Waals surface area contributed by atoms with E-state index in [0.717, 1.165) is 18.1 Å². The van der Waals surface area contributed by atoms with Crippen molar-refractivity contribution in [2.45, 2.75) is 32.2 Å². The molecule has 1 heterocycles. The van der Waals surface area contributed by atoms with E-state index in [2.05, 4.69) is 4.98 Å². The fraction of sp³-hybridized carbons (Fsp3) is 0.583. The van der Waals surface area contributed by atoms with Crippen LogP contribution in [0.2, 0.25) is 0 Å². The number of hydrogen-bond acceptors (Lipinski definition) is 3. The number of nitrogens with two attached hydrogens (primary N) is 1. The SMILES string of the molecule is NCc1ccnc(OCC2CCCC2)c1. The second-order valence-electron chi connectivity index (χ2n) is 4.17. The van der Waals surface area contributed by atoms with E-state index >= 15 is 0 Å². The summed E-state index contributed by atoms with van der Waals surface area (Å²) in [6, 6.07) is 3.84. The second-order valence-corrected chi connectivity index (χ2v) is 4.17. The Morgan fingerprint density at radius 2 is 2.20 bits per heavy atom. The molecule has 1 aromatic rings. The Kier molecular flexibility index (Phi) is 3.56. The number of hydrogen-bond donors (Lipinski definition) is 1. The maximum atomic E-state index is 5.67. The van der Waals surface area contributed by atoms with Gasteiger partial charge in [0.2, 0.25) is 5.88 Å². The Balaban J connectivity index is 1.86. The minimum atomic E-state index is 0.544. The van der Waals surface area contributed by atoms with Gasteiger partial charge in [0, 0.05) is 18.8 Å². The van der Waals surface area contributed by atoms with Crippen LogP contribution in [0.3, 0.4) is 0 Å². The fourth-order valence-electron chi connectivity index (χ4n) is 2.04. The molecule has 3 heteroatoms. The van der Waals surface area contributed by atoms with Gasteiger partial charge in [-0.2, -0.15) is 0 Å². The molecule has 1 saturated carbocycles. The number of pyridine rings is 1. The monoisotopic (exact) mass is 206 g/mol. The predicted octanol–water partition coefficient (Wildman–Crippen LogP) is 2.11. The van der Waals surface area contributed by atoms with Gasteiger partial charge in [0.15, 0.2) is 0 Å². The topological polar surface area (TPSA) is 48.1 Å². The van der Waals surface area contributed by atoms with Crippen molar-refractivity contribution >= 4 is 0 Å². The standard InChI is InChI=1S/C12H18N2O/c13-8-11-5-6-14-12(7-11)15-9-10-3-1-2-4-10/h5-7,10H,1-4,8-9,13H2. The van der Waals surface area contributed by atoms with Crippen LogP contribution in [0.5, 0.6) is 5.88 Å². The molecule has 0 radical (unpaired) electrons. The fourth-order valence-corrected chi connectivity index (χ4v) is 2.04. The molecule has 0 bridgehead atoms. The first-order valence-electron chi connectivity index (χ1n) is 5.66. The summed E-state index contributed by atoms with van der Waals surface area (Å²) >= 11 is 0. The normalized spacial score (nSPS) is 16.9. The highest BCUT2D eigenvalue weighted by Crippen LogP contribution is 2.25. The van der Waals surface area contributed by atoms with Crippen molar-refractivity contribution in [3.05, 3.63) is 23.9 Å². The van der Waals surface area contributed by atoms with Gasteiger partial charge in [0.05, 0.1) is 6.61 Å². The Morgan fingerprint density at radius 3 is 2.93 bits per heavy atom. The Morgan fingerprint density at radius 1 is 1.40 bits per heavy atom. The zero-order chi connectivity index (χ0) is 10.5. The molecule has 0 amide bonds. The Labute approximate surface area is 90.7 Å². The van der Waals surface area contributed by atoms with E-state index in [9.17, 15) is 0 Å². The van der Waals surface area contributed by atoms with Gasteiger partial charge in [0.25, 0.3) is 0 Å². The van der Waals surface area contributed by atoms with Gasteiger partial charge in [-0.3, -0.25) is 0 Å². The van der Waals surface area contributed by atoms with Crippen molar-refractivity contribution in [1.82, 2.24) is 4.98 Å². The van der Waals surface area contributed by atoms with Crippen LogP contribution in [0, 0.1) is 5.92 Å². The maximum absolute atomic E-state index is 5.67. The molecular formula is C12H18N2O. The summed E-state index contributed by atoms with van der Waals surface area (Å²) in [5.74, 6) is 1.44. The molecular weight excluding hydrogens is 188 g/mol. The van der Waals surface area contributed by atoms with E-state index in [-0.39, 0.29) is 0 Å². The number of ether oxygens (including phenoxy) is 1. The van der Waals surface area contributed by atoms with Crippen LogP contribution < -0.4 is 10.5 Å². The zero-order valence-electron chi connectivity index (χ0n) is 8.98. The van der Waals surface area contributed by atoms with Crippen molar-refractivity contribution in [2.24, 2.45) is 11.7 Å². The first-order chi connectivity index (χ1) is 7.38. The summed E-state index contributed by atoms with van der Waals surface area (Å²) < 4.78 is 5.67. The van der Waals surface area contributed by atoms with Crippen LogP contribution in [0.15, 0.2) is 18.3 Å². The van der Waals surface area contributed by atoms with Crippen LogP contribution >= 0.6 is 0 Å². The van der Waals surface area contributed by atoms with Crippen LogP contribution in [-0.2, 0) is 6.54 Å². The minimum Gasteiger partial charge on any atom is -0.477 e. The molecule has 3 nitrogen and oxygen atoms in total. The molecule has 0 spiro atoms. The van der Waals surface area contributed by atoms with Crippen LogP contribution in [0.25, 0.3) is 0 Å². The summed E-state index contributed by atoms with van der Waals surface area (Å²) in [5, 5.41) is 0. The highest BCUT2D eigenvalue weighted by atomic mass is 16.5. The Hall–Kier alpha value is -1.09. The molecule has 0 aliphatic heterocycles. The second kappa shape index (κ2) is 5.12. The summed E-state index contributed by atoms with van der Waals surface area (Å²) in [5.41, 5.74) is 6.63. The summed E-state index contributed by atoms with van der Waals surface area (Å²) in [4.78, 5) is 4.17. The lowest BCUT2D eigenvalue weighted by molar-refractivity contribution is 0.243. The van der Waals surface area contributed by atoms with Crippen molar-refractivity contribution in [3.63, 3.8) is 0 Å². The van der Waals surface area contributed by atoms with E-state index < -0.39 is 0 Å². The lowest BCUT2D eigenvalue weighted by Crippen LogP contribution is -2.09. The number of nitrogens with zero attached hydrogens (tertiary/aromatic N) is 1. The molecule has 1 fully saturated rings. The molecule has 0 atom stereocenters. The highest BCUT2D eigenvalue weighted by Gasteiger charge is 2.15. The van der Waals surface area contributed by atoms with Gasteiger partial charge in [-0.15, -0.1) is 0 Å². The molecule has 0 unspecified atom stereocenters. The van der Waals surface area contributed by atoms with E-state index in [1.165, 1.54) is 25.7 Å². The van der Waals surface area contributed by atoms with Crippen molar-refractivity contribution < 1.29 is 4.74 Å². The molecule has 0 aromatic carbocycles. The first kappa shape index (κ1) is 10.4. The van der Waals surface area contributed by atoms with Crippen LogP contribution in [0.1, 0.15) is 31.2 Å². The molecule has 2 N–H and O–H groups in total. The zero-order valence-corrected chi connectivity index (χ0v) is 8.98. The van der Waals surface area contributed by atoms with E-state index in [1.54, 1.807) is 6.20 Å². The average Bonchev–Trinajstić information content (AvgIpc) is 2.79. The highest BCUT2D eigenvalue weighted by molar-refractivity contribution is 5.20. The number of aromatic nitrogens is 1. The van der Waals surface area contributed by atoms with Crippen molar-refractivity contribution in [1.29, 1.82) is 0 Å². The lowest BCUT2D eigenvalue weighted by Gasteiger charge is -2.10. The molecule has 82 valence electrons. The number of rotatable bonds is 4. The average molecular weight is 206 g/mol. The van der Waals surface area contributed by atoms with Gasteiger partial charge in [-0.05, 0) is 30.4 Å². The van der Waals surface area contributed by atoms with E-state index in [1.807, 2.05) is 12.1 Å². The first-order valence-corrected chi connectivity index (χ1v) is 5.66. The molecule has 1 aliphatic rings. The van der Waals surface area contributed by atoms with Gasteiger partial charge in [0.1, 0.15) is 0 Å². The third-order valence-corrected chi connectivity index (χ3v) is 2.98. The van der Waals surface area contributed by atoms with Crippen molar-refractivity contribution in [2.75, 3.05) is 6.61 Å². The third kappa shape index (κ3) is 2.93. The maximum Gasteiger partial charge on any atom is 0.213 e. The van der Waals surface area contributed by atoms with Crippen molar-refractivity contribution in [3.8, 4) is 5.88 Å². The lowest BCUT2D eigenvalue weighted by atomic mass is 10.1. The molecule has 0 saturated heterocycles. The van der Waals surface area contributed by atoms with Crippen LogP contribution in [-0.4, -0.2) is 11.6 Å². The molecule has 1 aliphatic carbocycles. The minimum absolute atomic E-state index is 0.544. The summed E-state index contributed by atoms with van der Waals surface area (Å²) in [7, 11) is 0. The molecule has 15 heavy (non-hydrogen) atoms. The summed E-state index contributed by atoms with van der Waals surface area (Å²) in [6.45, 7) is 1.35. The molecule has 2 rings (SSSR count). The molecule has 1 aromatic heterocycles. The van der Waals surface area contributed by atoms with Gasteiger partial charge < -0.3 is 10.5 Å². The smallest absolute Gasteiger partial charge is 0.213 e. The largest absolute Gasteiger partial charge is 0.477 e. The quantitative estimate of drug-likeness (QED) is 0.820.